The predicted molar refractivity (Wildman–Crippen MR) is 67.5 cm³/mol. The molecule has 1 aromatic carbocycles. The molecule has 18 heavy (non-hydrogen) atoms. The number of phenols is 1. The third-order valence-electron chi connectivity index (χ3n) is 1.86. The minimum Gasteiger partial charge on any atom is -0.508 e. The Kier molecular flexibility index (Phi) is 6.81. The fourth-order valence-corrected chi connectivity index (χ4v) is 2.42. The zero-order chi connectivity index (χ0) is 14.2. The fourth-order valence-electron chi connectivity index (χ4n) is 1.06. The number of nitrogens with one attached hydrogen (secondary N) is 1. The van der Waals surface area contributed by atoms with Gasteiger partial charge in [0.05, 0.1) is 10.6 Å². The number of carbonyl (C=O) groups is 1. The van der Waals surface area contributed by atoms with Crippen molar-refractivity contribution in [1.29, 1.82) is 0 Å². The van der Waals surface area contributed by atoms with Gasteiger partial charge in [-0.05, 0) is 24.6 Å². The van der Waals surface area contributed by atoms with Crippen molar-refractivity contribution in [3.05, 3.63) is 24.3 Å². The summed E-state index contributed by atoms with van der Waals surface area (Å²) in [5.41, 5.74) is 0. The quantitative estimate of drug-likeness (QED) is 0.774. The number of phenolic OH excluding ortho intramolecular Hbond substituents is 1. The SMILES string of the molecule is CCCS(=O)(=O)c1cccc(O)c1.CNC(=O)O. The molecule has 1 rings (SSSR count). The minimum atomic E-state index is -3.19. The zero-order valence-electron chi connectivity index (χ0n) is 10.3. The van der Waals surface area contributed by atoms with Crippen LogP contribution in [0, 0.1) is 0 Å². The molecule has 7 heteroatoms. The molecule has 6 nitrogen and oxygen atoms in total. The summed E-state index contributed by atoms with van der Waals surface area (Å²) in [6.45, 7) is 1.81. The number of hydrogen-bond donors (Lipinski definition) is 3. The van der Waals surface area contributed by atoms with Crippen LogP contribution < -0.4 is 5.32 Å². The van der Waals surface area contributed by atoms with Gasteiger partial charge in [-0.3, -0.25) is 0 Å². The first-order valence-electron chi connectivity index (χ1n) is 5.26. The lowest BCUT2D eigenvalue weighted by atomic mass is 10.3. The van der Waals surface area contributed by atoms with Crippen molar-refractivity contribution >= 4 is 15.9 Å². The highest BCUT2D eigenvalue weighted by atomic mass is 32.2. The second-order valence-electron chi connectivity index (χ2n) is 3.37. The molecule has 0 aliphatic heterocycles. The van der Waals surface area contributed by atoms with Crippen LogP contribution in [0.15, 0.2) is 29.2 Å². The Labute approximate surface area is 106 Å². The van der Waals surface area contributed by atoms with Crippen molar-refractivity contribution < 1.29 is 23.4 Å². The second-order valence-corrected chi connectivity index (χ2v) is 5.48. The topological polar surface area (TPSA) is 104 Å². The highest BCUT2D eigenvalue weighted by Gasteiger charge is 2.12. The number of carboxylic acid groups (broad SMARTS) is 1. The van der Waals surface area contributed by atoms with E-state index < -0.39 is 15.9 Å². The van der Waals surface area contributed by atoms with Gasteiger partial charge < -0.3 is 15.5 Å². The van der Waals surface area contributed by atoms with Gasteiger partial charge in [0, 0.05) is 7.05 Å². The first-order chi connectivity index (χ1) is 8.33. The zero-order valence-corrected chi connectivity index (χ0v) is 11.1. The number of benzene rings is 1. The van der Waals surface area contributed by atoms with Crippen molar-refractivity contribution in [3.63, 3.8) is 0 Å². The summed E-state index contributed by atoms with van der Waals surface area (Å²) >= 11 is 0. The Morgan fingerprint density at radius 2 is 1.94 bits per heavy atom. The third-order valence-corrected chi connectivity index (χ3v) is 3.78. The summed E-state index contributed by atoms with van der Waals surface area (Å²) in [5.74, 6) is 0.105. The summed E-state index contributed by atoms with van der Waals surface area (Å²) in [4.78, 5) is 9.45. The van der Waals surface area contributed by atoms with E-state index in [0.717, 1.165) is 0 Å². The molecule has 0 aliphatic rings. The molecule has 0 spiro atoms. The van der Waals surface area contributed by atoms with Crippen LogP contribution in [-0.4, -0.2) is 37.5 Å². The van der Waals surface area contributed by atoms with Crippen LogP contribution in [-0.2, 0) is 9.84 Å². The average Bonchev–Trinajstić information content (AvgIpc) is 2.29. The Bertz CT molecular complexity index is 484. The van der Waals surface area contributed by atoms with Crippen LogP contribution in [0.3, 0.4) is 0 Å². The number of amides is 1. The third kappa shape index (κ3) is 6.09. The number of sulfone groups is 1. The lowest BCUT2D eigenvalue weighted by Crippen LogP contribution is -2.13. The molecule has 102 valence electrons. The van der Waals surface area contributed by atoms with E-state index >= 15 is 0 Å². The maximum Gasteiger partial charge on any atom is 0.404 e. The molecule has 3 N–H and O–H groups in total. The van der Waals surface area contributed by atoms with E-state index in [1.807, 2.05) is 5.32 Å². The van der Waals surface area contributed by atoms with E-state index in [1.165, 1.54) is 31.3 Å². The normalized spacial score (nSPS) is 10.1. The highest BCUT2D eigenvalue weighted by molar-refractivity contribution is 7.91. The molecule has 0 radical (unpaired) electrons. The molecule has 0 fully saturated rings. The lowest BCUT2D eigenvalue weighted by molar-refractivity contribution is 0.197. The van der Waals surface area contributed by atoms with Gasteiger partial charge in [-0.15, -0.1) is 0 Å². The molecular weight excluding hydrogens is 258 g/mol. The molecule has 0 saturated carbocycles. The van der Waals surface area contributed by atoms with Crippen LogP contribution in [0.25, 0.3) is 0 Å². The van der Waals surface area contributed by atoms with E-state index in [0.29, 0.717) is 6.42 Å². The standard InChI is InChI=1S/C9H12O3S.C2H5NO2/c1-2-6-13(11,12)9-5-3-4-8(10)7-9;1-3-2(4)5/h3-5,7,10H,2,6H2,1H3;3H,1H3,(H,4,5). The first-order valence-corrected chi connectivity index (χ1v) is 6.91. The van der Waals surface area contributed by atoms with Gasteiger partial charge in [-0.1, -0.05) is 13.0 Å². The van der Waals surface area contributed by atoms with Crippen LogP contribution >= 0.6 is 0 Å². The van der Waals surface area contributed by atoms with Crippen molar-refractivity contribution in [1.82, 2.24) is 5.32 Å². The Morgan fingerprint density at radius 1 is 1.39 bits per heavy atom. The molecule has 0 atom stereocenters. The Hall–Kier alpha value is -1.76. The van der Waals surface area contributed by atoms with E-state index in [-0.39, 0.29) is 16.4 Å². The molecule has 0 unspecified atom stereocenters. The predicted octanol–water partition coefficient (Wildman–Crippen LogP) is 1.46. The van der Waals surface area contributed by atoms with Gasteiger partial charge in [0.25, 0.3) is 0 Å². The summed E-state index contributed by atoms with van der Waals surface area (Å²) in [5, 5.41) is 18.6. The molecule has 0 aliphatic carbocycles. The summed E-state index contributed by atoms with van der Waals surface area (Å²) in [6.07, 6.45) is -0.414. The van der Waals surface area contributed by atoms with Gasteiger partial charge in [0.2, 0.25) is 0 Å². The van der Waals surface area contributed by atoms with Crippen LogP contribution in [0.1, 0.15) is 13.3 Å². The average molecular weight is 275 g/mol. The van der Waals surface area contributed by atoms with Crippen molar-refractivity contribution in [2.75, 3.05) is 12.8 Å². The number of aromatic hydroxyl groups is 1. The monoisotopic (exact) mass is 275 g/mol. The van der Waals surface area contributed by atoms with Gasteiger partial charge in [-0.25, -0.2) is 13.2 Å². The fraction of sp³-hybridized carbons (Fsp3) is 0.364. The van der Waals surface area contributed by atoms with E-state index in [4.69, 9.17) is 10.2 Å². The Morgan fingerprint density at radius 3 is 2.33 bits per heavy atom. The van der Waals surface area contributed by atoms with Crippen molar-refractivity contribution in [2.24, 2.45) is 0 Å². The second kappa shape index (κ2) is 7.54. The highest BCUT2D eigenvalue weighted by Crippen LogP contribution is 2.17. The first kappa shape index (κ1) is 16.2. The molecule has 1 amide bonds. The molecule has 0 aromatic heterocycles. The smallest absolute Gasteiger partial charge is 0.404 e. The van der Waals surface area contributed by atoms with Crippen LogP contribution in [0.4, 0.5) is 4.79 Å². The van der Waals surface area contributed by atoms with Gasteiger partial charge >= 0.3 is 6.09 Å². The van der Waals surface area contributed by atoms with E-state index in [9.17, 15) is 13.2 Å². The van der Waals surface area contributed by atoms with Crippen molar-refractivity contribution in [3.8, 4) is 5.75 Å². The summed E-state index contributed by atoms with van der Waals surface area (Å²) < 4.78 is 22.9. The molecule has 0 bridgehead atoms. The minimum absolute atomic E-state index is 0.0165. The largest absolute Gasteiger partial charge is 0.508 e. The van der Waals surface area contributed by atoms with E-state index in [1.54, 1.807) is 6.92 Å². The molecule has 0 saturated heterocycles. The summed E-state index contributed by atoms with van der Waals surface area (Å²) in [6, 6.07) is 5.73. The lowest BCUT2D eigenvalue weighted by Gasteiger charge is -2.02. The number of rotatable bonds is 3. The maximum absolute atomic E-state index is 11.5. The van der Waals surface area contributed by atoms with Gasteiger partial charge in [-0.2, -0.15) is 0 Å². The molecule has 1 aromatic rings. The van der Waals surface area contributed by atoms with Crippen molar-refractivity contribution in [2.45, 2.75) is 18.2 Å². The van der Waals surface area contributed by atoms with Gasteiger partial charge in [0.15, 0.2) is 9.84 Å². The van der Waals surface area contributed by atoms with Gasteiger partial charge in [0.1, 0.15) is 5.75 Å². The van der Waals surface area contributed by atoms with E-state index in [2.05, 4.69) is 0 Å². The Balaban J connectivity index is 0.000000494. The molecule has 0 heterocycles. The maximum atomic E-state index is 11.5. The summed E-state index contributed by atoms with van der Waals surface area (Å²) in [7, 11) is -1.84. The van der Waals surface area contributed by atoms with Crippen LogP contribution in [0.2, 0.25) is 0 Å². The molecular formula is C11H17NO5S. The van der Waals surface area contributed by atoms with Crippen LogP contribution in [0.5, 0.6) is 5.75 Å². The number of hydrogen-bond acceptors (Lipinski definition) is 4.